The second kappa shape index (κ2) is 11.7. The van der Waals surface area contributed by atoms with Crippen LogP contribution in [0.4, 0.5) is 0 Å². The van der Waals surface area contributed by atoms with E-state index in [1.54, 1.807) is 0 Å². The van der Waals surface area contributed by atoms with Gasteiger partial charge >= 0.3 is 0 Å². The number of nitrogens with zero attached hydrogens (tertiary/aromatic N) is 3. The number of thiophene rings is 1. The fraction of sp³-hybridized carbons (Fsp3) is 0.0222. The number of para-hydroxylation sites is 2. The third-order valence-electron chi connectivity index (χ3n) is 9.64. The minimum atomic E-state index is -0.305. The molecule has 1 N–H and O–H groups in total. The highest BCUT2D eigenvalue weighted by Gasteiger charge is 2.25. The van der Waals surface area contributed by atoms with Gasteiger partial charge in [0.25, 0.3) is 0 Å². The number of hydrogen-bond donors (Lipinski definition) is 1. The van der Waals surface area contributed by atoms with Crippen LogP contribution >= 0.6 is 11.3 Å². The Morgan fingerprint density at radius 1 is 0.520 bits per heavy atom. The lowest BCUT2D eigenvalue weighted by molar-refractivity contribution is 0.674. The number of benzene rings is 7. The van der Waals surface area contributed by atoms with Crippen LogP contribution in [0.15, 0.2) is 180 Å². The molecule has 0 bridgehead atoms. The molecule has 7 aromatic carbocycles. The van der Waals surface area contributed by atoms with E-state index in [2.05, 4.69) is 168 Å². The highest BCUT2D eigenvalue weighted by atomic mass is 32.1. The van der Waals surface area contributed by atoms with Crippen molar-refractivity contribution in [1.82, 2.24) is 9.88 Å². The first-order valence-electron chi connectivity index (χ1n) is 16.9. The third-order valence-corrected chi connectivity index (χ3v) is 10.9. The Bertz CT molecular complexity index is 2740. The van der Waals surface area contributed by atoms with Crippen molar-refractivity contribution in [2.75, 3.05) is 0 Å². The Morgan fingerprint density at radius 2 is 1.14 bits per heavy atom. The van der Waals surface area contributed by atoms with Gasteiger partial charge in [-0.2, -0.15) is 0 Å². The predicted octanol–water partition coefficient (Wildman–Crippen LogP) is 11.3. The normalized spacial score (nSPS) is 14.6. The molecule has 5 heteroatoms. The number of rotatable bonds is 5. The molecule has 2 aromatic heterocycles. The molecule has 0 radical (unpaired) electrons. The van der Waals surface area contributed by atoms with Crippen molar-refractivity contribution in [2.24, 2.45) is 9.98 Å². The van der Waals surface area contributed by atoms with E-state index in [0.29, 0.717) is 5.84 Å². The van der Waals surface area contributed by atoms with Crippen molar-refractivity contribution < 1.29 is 0 Å². The van der Waals surface area contributed by atoms with Crippen molar-refractivity contribution >= 4 is 65.0 Å². The lowest BCUT2D eigenvalue weighted by Crippen LogP contribution is -2.33. The molecule has 50 heavy (non-hydrogen) atoms. The van der Waals surface area contributed by atoms with Crippen LogP contribution in [0, 0.1) is 0 Å². The molecule has 236 valence electrons. The minimum Gasteiger partial charge on any atom is -0.344 e. The van der Waals surface area contributed by atoms with Crippen molar-refractivity contribution in [2.45, 2.75) is 6.17 Å². The monoisotopic (exact) mass is 658 g/mol. The van der Waals surface area contributed by atoms with E-state index in [1.165, 1.54) is 47.5 Å². The summed E-state index contributed by atoms with van der Waals surface area (Å²) in [6.07, 6.45) is -0.305. The topological polar surface area (TPSA) is 41.7 Å². The Labute approximate surface area is 293 Å². The summed E-state index contributed by atoms with van der Waals surface area (Å²) in [6.45, 7) is 0. The second-order valence-corrected chi connectivity index (χ2v) is 13.7. The Morgan fingerprint density at radius 3 is 1.90 bits per heavy atom. The molecular formula is C45H30N4S. The van der Waals surface area contributed by atoms with E-state index < -0.39 is 0 Å². The van der Waals surface area contributed by atoms with Gasteiger partial charge in [0.2, 0.25) is 0 Å². The summed E-state index contributed by atoms with van der Waals surface area (Å²) in [6, 6.07) is 60.2. The van der Waals surface area contributed by atoms with Gasteiger partial charge < -0.3 is 9.88 Å². The second-order valence-electron chi connectivity index (χ2n) is 12.7. The van der Waals surface area contributed by atoms with E-state index in [-0.39, 0.29) is 6.17 Å². The van der Waals surface area contributed by atoms with Gasteiger partial charge in [0.15, 0.2) is 5.84 Å². The smallest absolute Gasteiger partial charge is 0.159 e. The molecule has 0 spiro atoms. The number of aromatic nitrogens is 1. The Hall–Kier alpha value is -6.30. The maximum atomic E-state index is 5.35. The number of hydrogen-bond acceptors (Lipinski definition) is 4. The molecule has 4 nitrogen and oxygen atoms in total. The van der Waals surface area contributed by atoms with Crippen LogP contribution in [0.2, 0.25) is 0 Å². The summed E-state index contributed by atoms with van der Waals surface area (Å²) < 4.78 is 4.85. The predicted molar refractivity (Wildman–Crippen MR) is 211 cm³/mol. The summed E-state index contributed by atoms with van der Waals surface area (Å²) in [5.74, 6) is 1.52. The highest BCUT2D eigenvalue weighted by molar-refractivity contribution is 7.26. The average Bonchev–Trinajstić information content (AvgIpc) is 3.74. The first-order chi connectivity index (χ1) is 24.8. The highest BCUT2D eigenvalue weighted by Crippen LogP contribution is 2.40. The van der Waals surface area contributed by atoms with Crippen LogP contribution in [0.25, 0.3) is 58.8 Å². The zero-order valence-electron chi connectivity index (χ0n) is 27.0. The lowest BCUT2D eigenvalue weighted by atomic mass is 10.0. The fourth-order valence-electron chi connectivity index (χ4n) is 7.31. The molecule has 1 aliphatic heterocycles. The standard InChI is InChI=1S/C45H30N4S/c1-3-14-29(15-4-1)31-18-13-19-32(26-31)44-46-43(30-16-5-2-6-17-30)47-45(48-44)38-28-33(27-37-36-22-9-12-25-41(36)50-42(37)38)49-39-23-10-7-20-34(39)35-21-8-11-24-40(35)49/h1-28,43H,(H,46,47,48). The van der Waals surface area contributed by atoms with Crippen molar-refractivity contribution in [3.63, 3.8) is 0 Å². The van der Waals surface area contributed by atoms with Crippen molar-refractivity contribution in [3.8, 4) is 16.8 Å². The van der Waals surface area contributed by atoms with Gasteiger partial charge in [-0.1, -0.05) is 133 Å². The summed E-state index contributed by atoms with van der Waals surface area (Å²) in [7, 11) is 0. The molecule has 1 unspecified atom stereocenters. The molecule has 1 aliphatic rings. The van der Waals surface area contributed by atoms with Crippen LogP contribution < -0.4 is 5.32 Å². The first-order valence-corrected chi connectivity index (χ1v) is 17.7. The molecular weight excluding hydrogens is 629 g/mol. The Kier molecular flexibility index (Phi) is 6.71. The van der Waals surface area contributed by atoms with Gasteiger partial charge in [-0.15, -0.1) is 11.3 Å². The molecule has 1 atom stereocenters. The third kappa shape index (κ3) is 4.74. The van der Waals surface area contributed by atoms with Gasteiger partial charge in [-0.25, -0.2) is 9.98 Å². The minimum absolute atomic E-state index is 0.305. The summed E-state index contributed by atoms with van der Waals surface area (Å²) >= 11 is 1.82. The molecule has 10 rings (SSSR count). The molecule has 0 aliphatic carbocycles. The molecule has 0 saturated carbocycles. The van der Waals surface area contributed by atoms with E-state index in [4.69, 9.17) is 9.98 Å². The maximum absolute atomic E-state index is 5.35. The summed E-state index contributed by atoms with van der Waals surface area (Å²) in [5, 5.41) is 8.72. The quantitative estimate of drug-likeness (QED) is 0.196. The average molecular weight is 659 g/mol. The fourth-order valence-corrected chi connectivity index (χ4v) is 8.51. The van der Waals surface area contributed by atoms with Crippen LogP contribution in [-0.2, 0) is 0 Å². The number of fused-ring (bicyclic) bond motifs is 6. The Balaban J connectivity index is 1.23. The molecule has 3 heterocycles. The van der Waals surface area contributed by atoms with Gasteiger partial charge in [-0.3, -0.25) is 0 Å². The number of aliphatic imine (C=N–C) groups is 2. The molecule has 0 fully saturated rings. The van der Waals surface area contributed by atoms with Gasteiger partial charge in [0.1, 0.15) is 12.0 Å². The molecule has 0 amide bonds. The van der Waals surface area contributed by atoms with Gasteiger partial charge in [0, 0.05) is 47.8 Å². The summed E-state index contributed by atoms with van der Waals surface area (Å²) in [5.41, 5.74) is 8.90. The van der Waals surface area contributed by atoms with Crippen LogP contribution in [0.1, 0.15) is 22.9 Å². The van der Waals surface area contributed by atoms with Crippen LogP contribution in [0.5, 0.6) is 0 Å². The first kappa shape index (κ1) is 28.7. The van der Waals surface area contributed by atoms with Crippen molar-refractivity contribution in [1.29, 1.82) is 0 Å². The SMILES string of the molecule is c1ccc(-c2cccc(C3=NC(c4ccccc4)NC(c4cc(-n5c6ccccc6c6ccccc65)cc5c4sc4ccccc45)=N3)c2)cc1. The summed E-state index contributed by atoms with van der Waals surface area (Å²) in [4.78, 5) is 10.6. The van der Waals surface area contributed by atoms with E-state index in [1.807, 2.05) is 23.5 Å². The van der Waals surface area contributed by atoms with E-state index >= 15 is 0 Å². The maximum Gasteiger partial charge on any atom is 0.159 e. The van der Waals surface area contributed by atoms with Crippen LogP contribution in [-0.4, -0.2) is 16.2 Å². The van der Waals surface area contributed by atoms with E-state index in [9.17, 15) is 0 Å². The molecule has 9 aromatic rings. The molecule has 0 saturated heterocycles. The number of nitrogens with one attached hydrogen (secondary N) is 1. The van der Waals surface area contributed by atoms with Gasteiger partial charge in [-0.05, 0) is 53.1 Å². The van der Waals surface area contributed by atoms with Crippen molar-refractivity contribution in [3.05, 3.63) is 187 Å². The zero-order chi connectivity index (χ0) is 33.0. The zero-order valence-corrected chi connectivity index (χ0v) is 27.8. The van der Waals surface area contributed by atoms with Crippen LogP contribution in [0.3, 0.4) is 0 Å². The number of amidine groups is 2. The largest absolute Gasteiger partial charge is 0.344 e. The van der Waals surface area contributed by atoms with E-state index in [0.717, 1.165) is 33.8 Å². The lowest BCUT2D eigenvalue weighted by Gasteiger charge is -2.24. The van der Waals surface area contributed by atoms with Gasteiger partial charge in [0.05, 0.1) is 11.0 Å².